The summed E-state index contributed by atoms with van der Waals surface area (Å²) >= 11 is 18.2. The molecule has 0 radical (unpaired) electrons. The maximum atomic E-state index is 6.05. The zero-order chi connectivity index (χ0) is 21.0. The average Bonchev–Trinajstić information content (AvgIpc) is 2.78. The van der Waals surface area contributed by atoms with Crippen molar-refractivity contribution in [1.29, 1.82) is 0 Å². The highest BCUT2D eigenvalue weighted by molar-refractivity contribution is 6.66. The van der Waals surface area contributed by atoms with E-state index in [1.165, 1.54) is 0 Å². The van der Waals surface area contributed by atoms with E-state index < -0.39 is 3.79 Å². The van der Waals surface area contributed by atoms with Crippen molar-refractivity contribution in [1.82, 2.24) is 19.9 Å². The van der Waals surface area contributed by atoms with E-state index in [0.717, 1.165) is 22.3 Å². The van der Waals surface area contributed by atoms with Crippen molar-refractivity contribution in [2.75, 3.05) is 5.32 Å². The molecule has 2 aromatic carbocycles. The van der Waals surface area contributed by atoms with Gasteiger partial charge in [-0.15, -0.1) is 0 Å². The Morgan fingerprint density at radius 2 is 1.33 bits per heavy atom. The number of benzene rings is 2. The van der Waals surface area contributed by atoms with Gasteiger partial charge in [0.05, 0.1) is 0 Å². The van der Waals surface area contributed by atoms with E-state index in [9.17, 15) is 0 Å². The van der Waals surface area contributed by atoms with Crippen LogP contribution in [0.1, 0.15) is 11.4 Å². The summed E-state index contributed by atoms with van der Waals surface area (Å²) in [6, 6.07) is 21.8. The molecule has 4 aromatic rings. The molecule has 2 heterocycles. The number of nitrogens with zero attached hydrogens (tertiary/aromatic N) is 4. The minimum Gasteiger partial charge on any atom is -0.350 e. The molecule has 0 aliphatic heterocycles. The molecule has 0 fully saturated rings. The van der Waals surface area contributed by atoms with Crippen LogP contribution in [0.25, 0.3) is 22.5 Å². The Morgan fingerprint density at radius 3 is 2.00 bits per heavy atom. The second-order valence-corrected chi connectivity index (χ2v) is 8.74. The highest BCUT2D eigenvalue weighted by Gasteiger charge is 2.28. The minimum atomic E-state index is -1.77. The summed E-state index contributed by atoms with van der Waals surface area (Å²) in [7, 11) is 0. The Morgan fingerprint density at radius 1 is 0.700 bits per heavy atom. The van der Waals surface area contributed by atoms with Crippen molar-refractivity contribution in [3.63, 3.8) is 0 Å². The van der Waals surface area contributed by atoms with Gasteiger partial charge in [0.25, 0.3) is 0 Å². The summed E-state index contributed by atoms with van der Waals surface area (Å²) in [4.78, 5) is 17.1. The maximum Gasteiger partial charge on any atom is 0.250 e. The number of nitrogens with one attached hydrogen (secondary N) is 1. The lowest BCUT2D eigenvalue weighted by Gasteiger charge is -2.13. The number of alkyl halides is 3. The smallest absolute Gasteiger partial charge is 0.250 e. The molecule has 0 unspecified atom stereocenters. The minimum absolute atomic E-state index is 0.0573. The monoisotopic (exact) mass is 455 g/mol. The summed E-state index contributed by atoms with van der Waals surface area (Å²) < 4.78 is -1.77. The molecular formula is C22H16Cl3N5. The lowest BCUT2D eigenvalue weighted by atomic mass is 10.0. The highest BCUT2D eigenvalue weighted by atomic mass is 35.6. The van der Waals surface area contributed by atoms with Crippen LogP contribution in [0, 0.1) is 0 Å². The summed E-state index contributed by atoms with van der Waals surface area (Å²) in [5, 5.41) is 3.15. The van der Waals surface area contributed by atoms with Crippen molar-refractivity contribution in [3.05, 3.63) is 90.5 Å². The molecule has 4 rings (SSSR count). The first kappa shape index (κ1) is 20.5. The first-order valence-corrected chi connectivity index (χ1v) is 10.2. The number of hydrogen-bond donors (Lipinski definition) is 1. The lowest BCUT2D eigenvalue weighted by molar-refractivity contribution is 0.913. The molecule has 0 amide bonds. The van der Waals surface area contributed by atoms with Gasteiger partial charge in [-0.2, -0.15) is 9.97 Å². The summed E-state index contributed by atoms with van der Waals surface area (Å²) in [6.07, 6.45) is 3.44. The summed E-state index contributed by atoms with van der Waals surface area (Å²) in [5.41, 5.74) is 4.03. The lowest BCUT2D eigenvalue weighted by Crippen LogP contribution is -2.13. The quantitative estimate of drug-likeness (QED) is 0.371. The fraction of sp³-hybridized carbons (Fsp3) is 0.0909. The molecule has 150 valence electrons. The Bertz CT molecular complexity index is 1120. The highest BCUT2D eigenvalue weighted by Crippen LogP contribution is 2.37. The Balaban J connectivity index is 1.64. The van der Waals surface area contributed by atoms with Crippen LogP contribution in [-0.4, -0.2) is 19.9 Å². The molecule has 0 aliphatic rings. The number of rotatable bonds is 5. The molecule has 0 aliphatic carbocycles. The van der Waals surface area contributed by atoms with Crippen molar-refractivity contribution < 1.29 is 0 Å². The number of pyridine rings is 1. The third-order valence-electron chi connectivity index (χ3n) is 4.34. The molecule has 0 saturated heterocycles. The van der Waals surface area contributed by atoms with Crippen LogP contribution < -0.4 is 5.32 Å². The zero-order valence-electron chi connectivity index (χ0n) is 15.6. The Hall–Kier alpha value is -2.73. The molecule has 8 heteroatoms. The third kappa shape index (κ3) is 5.05. The zero-order valence-corrected chi connectivity index (χ0v) is 17.9. The predicted octanol–water partition coefficient (Wildman–Crippen LogP) is 6.04. The van der Waals surface area contributed by atoms with E-state index in [1.54, 1.807) is 12.4 Å². The van der Waals surface area contributed by atoms with Gasteiger partial charge in [0.1, 0.15) is 0 Å². The molecule has 0 bridgehead atoms. The van der Waals surface area contributed by atoms with Crippen molar-refractivity contribution in [2.45, 2.75) is 10.3 Å². The van der Waals surface area contributed by atoms with Crippen molar-refractivity contribution in [3.8, 4) is 22.5 Å². The number of halogens is 3. The van der Waals surface area contributed by atoms with Gasteiger partial charge in [-0.25, -0.2) is 4.98 Å². The standard InChI is InChI=1S/C22H16Cl3N5/c23-22(24,25)20-28-19(29-21(30-20)27-14-15-10-12-26-13-11-15)18-8-6-17(7-9-18)16-4-2-1-3-5-16/h1-13H,14H2,(H,27,28,29,30). The second kappa shape index (κ2) is 8.96. The van der Waals surface area contributed by atoms with Gasteiger partial charge in [0.2, 0.25) is 9.74 Å². The summed E-state index contributed by atoms with van der Waals surface area (Å²) in [6.45, 7) is 0.498. The van der Waals surface area contributed by atoms with Gasteiger partial charge in [0.15, 0.2) is 11.6 Å². The fourth-order valence-corrected chi connectivity index (χ4v) is 3.09. The van der Waals surface area contributed by atoms with Gasteiger partial charge >= 0.3 is 0 Å². The number of anilines is 1. The summed E-state index contributed by atoms with van der Waals surface area (Å²) in [5.74, 6) is 0.801. The predicted molar refractivity (Wildman–Crippen MR) is 121 cm³/mol. The van der Waals surface area contributed by atoms with Gasteiger partial charge in [-0.1, -0.05) is 89.4 Å². The van der Waals surface area contributed by atoms with Crippen LogP contribution in [0.15, 0.2) is 79.1 Å². The van der Waals surface area contributed by atoms with E-state index in [1.807, 2.05) is 54.6 Å². The van der Waals surface area contributed by atoms with E-state index in [-0.39, 0.29) is 5.82 Å². The van der Waals surface area contributed by atoms with E-state index in [2.05, 4.69) is 37.4 Å². The normalized spacial score (nSPS) is 11.3. The first-order chi connectivity index (χ1) is 14.5. The van der Waals surface area contributed by atoms with Gasteiger partial charge in [-0.05, 0) is 28.8 Å². The van der Waals surface area contributed by atoms with Gasteiger partial charge in [0, 0.05) is 24.5 Å². The van der Waals surface area contributed by atoms with Crippen LogP contribution >= 0.6 is 34.8 Å². The molecule has 0 spiro atoms. The topological polar surface area (TPSA) is 63.6 Å². The maximum absolute atomic E-state index is 6.05. The molecular weight excluding hydrogens is 441 g/mol. The van der Waals surface area contributed by atoms with Gasteiger partial charge < -0.3 is 5.32 Å². The van der Waals surface area contributed by atoms with Gasteiger partial charge in [-0.3, -0.25) is 4.98 Å². The Labute approximate surface area is 189 Å². The average molecular weight is 457 g/mol. The molecule has 0 atom stereocenters. The largest absolute Gasteiger partial charge is 0.350 e. The third-order valence-corrected chi connectivity index (χ3v) is 4.85. The molecule has 2 aromatic heterocycles. The van der Waals surface area contributed by atoms with E-state index in [4.69, 9.17) is 34.8 Å². The molecule has 1 N–H and O–H groups in total. The first-order valence-electron chi connectivity index (χ1n) is 9.11. The number of hydrogen-bond acceptors (Lipinski definition) is 5. The van der Waals surface area contributed by atoms with E-state index >= 15 is 0 Å². The van der Waals surface area contributed by atoms with Crippen LogP contribution in [-0.2, 0) is 10.3 Å². The van der Waals surface area contributed by atoms with Crippen molar-refractivity contribution >= 4 is 40.8 Å². The Kier molecular flexibility index (Phi) is 6.13. The SMILES string of the molecule is ClC(Cl)(Cl)c1nc(NCc2ccncc2)nc(-c2ccc(-c3ccccc3)cc2)n1. The fourth-order valence-electron chi connectivity index (χ4n) is 2.83. The van der Waals surface area contributed by atoms with Crippen molar-refractivity contribution in [2.24, 2.45) is 0 Å². The van der Waals surface area contributed by atoms with Crippen LogP contribution in [0.4, 0.5) is 5.95 Å². The van der Waals surface area contributed by atoms with Crippen LogP contribution in [0.2, 0.25) is 0 Å². The number of aromatic nitrogens is 4. The molecule has 5 nitrogen and oxygen atoms in total. The molecule has 0 saturated carbocycles. The van der Waals surface area contributed by atoms with E-state index in [0.29, 0.717) is 18.3 Å². The molecule has 30 heavy (non-hydrogen) atoms. The second-order valence-electron chi connectivity index (χ2n) is 6.46. The van der Waals surface area contributed by atoms with Crippen LogP contribution in [0.5, 0.6) is 0 Å². The van der Waals surface area contributed by atoms with Crippen LogP contribution in [0.3, 0.4) is 0 Å².